The van der Waals surface area contributed by atoms with Gasteiger partial charge in [0.25, 0.3) is 0 Å². The van der Waals surface area contributed by atoms with Crippen LogP contribution in [0.2, 0.25) is 10.0 Å². The third-order valence-corrected chi connectivity index (χ3v) is 9.39. The normalized spacial score (nSPS) is 15.2. The van der Waals surface area contributed by atoms with Crippen molar-refractivity contribution >= 4 is 50.9 Å². The highest BCUT2D eigenvalue weighted by Gasteiger charge is 2.35. The molecule has 2 amide bonds. The predicted octanol–water partition coefficient (Wildman–Crippen LogP) is 5.00. The van der Waals surface area contributed by atoms with Crippen LogP contribution in [0.25, 0.3) is 0 Å². The van der Waals surface area contributed by atoms with Crippen LogP contribution in [-0.4, -0.2) is 62.2 Å². The van der Waals surface area contributed by atoms with Crippen LogP contribution in [0.5, 0.6) is 0 Å². The van der Waals surface area contributed by atoms with Crippen molar-refractivity contribution < 1.29 is 22.4 Å². The minimum atomic E-state index is -4.15. The minimum Gasteiger partial charge on any atom is -0.352 e. The maximum atomic E-state index is 13.9. The highest BCUT2D eigenvalue weighted by Crippen LogP contribution is 2.28. The summed E-state index contributed by atoms with van der Waals surface area (Å²) < 4.78 is 42.0. The van der Waals surface area contributed by atoms with Gasteiger partial charge in [0.05, 0.1) is 5.69 Å². The minimum absolute atomic E-state index is 0.0194. The summed E-state index contributed by atoms with van der Waals surface area (Å²) in [5.74, 6) is -1.50. The fourth-order valence-electron chi connectivity index (χ4n) is 4.64. The number of rotatable bonds is 11. The van der Waals surface area contributed by atoms with Crippen molar-refractivity contribution in [2.75, 3.05) is 24.9 Å². The van der Waals surface area contributed by atoms with Crippen molar-refractivity contribution in [2.45, 2.75) is 64.1 Å². The van der Waals surface area contributed by atoms with E-state index in [0.717, 1.165) is 52.8 Å². The second-order valence-electron chi connectivity index (χ2n) is 9.76. The van der Waals surface area contributed by atoms with Crippen LogP contribution in [0, 0.1) is 5.82 Å². The van der Waals surface area contributed by atoms with Crippen LogP contribution >= 0.6 is 23.2 Å². The van der Waals surface area contributed by atoms with Crippen LogP contribution < -0.4 is 9.62 Å². The van der Waals surface area contributed by atoms with Crippen molar-refractivity contribution in [1.82, 2.24) is 14.5 Å². The van der Waals surface area contributed by atoms with Gasteiger partial charge in [-0.1, -0.05) is 55.5 Å². The van der Waals surface area contributed by atoms with Crippen LogP contribution in [-0.2, 0) is 26.3 Å². The summed E-state index contributed by atoms with van der Waals surface area (Å²) in [6, 6.07) is 8.86. The Bertz CT molecular complexity index is 1230. The van der Waals surface area contributed by atoms with E-state index in [4.69, 9.17) is 23.2 Å². The van der Waals surface area contributed by atoms with Gasteiger partial charge in [0.2, 0.25) is 11.8 Å². The molecule has 1 unspecified atom stereocenters. The van der Waals surface area contributed by atoms with Crippen LogP contribution in [0.1, 0.15) is 51.0 Å². The lowest BCUT2D eigenvalue weighted by atomic mass is 9.95. The number of hydrogen-bond acceptors (Lipinski definition) is 4. The fraction of sp³-hybridized carbons (Fsp3) is 0.481. The molecule has 0 bridgehead atoms. The van der Waals surface area contributed by atoms with Gasteiger partial charge >= 0.3 is 10.2 Å². The summed E-state index contributed by atoms with van der Waals surface area (Å²) in [6.45, 7) is 1.06. The number of carbonyl (C=O) groups excluding carboxylic acids is 2. The maximum Gasteiger partial charge on any atom is 0.304 e. The number of amides is 2. The molecule has 39 heavy (non-hydrogen) atoms. The molecule has 1 atom stereocenters. The molecule has 0 saturated heterocycles. The molecule has 3 rings (SSSR count). The van der Waals surface area contributed by atoms with Crippen LogP contribution in [0.3, 0.4) is 0 Å². The van der Waals surface area contributed by atoms with Gasteiger partial charge in [-0.3, -0.25) is 9.59 Å². The van der Waals surface area contributed by atoms with E-state index in [-0.39, 0.29) is 30.6 Å². The number of halogens is 3. The predicted molar refractivity (Wildman–Crippen MR) is 152 cm³/mol. The third kappa shape index (κ3) is 7.84. The third-order valence-electron chi connectivity index (χ3n) is 6.86. The van der Waals surface area contributed by atoms with E-state index in [9.17, 15) is 22.4 Å². The van der Waals surface area contributed by atoms with Crippen molar-refractivity contribution in [3.8, 4) is 0 Å². The largest absolute Gasteiger partial charge is 0.352 e. The molecule has 12 heteroatoms. The molecule has 0 aliphatic heterocycles. The Morgan fingerprint density at radius 1 is 1.03 bits per heavy atom. The summed E-state index contributed by atoms with van der Waals surface area (Å²) in [6.07, 6.45) is 5.18. The highest BCUT2D eigenvalue weighted by atomic mass is 35.5. The molecule has 0 spiro atoms. The first-order valence-electron chi connectivity index (χ1n) is 12.9. The molecule has 1 N–H and O–H groups in total. The number of anilines is 1. The van der Waals surface area contributed by atoms with E-state index >= 15 is 0 Å². The first-order chi connectivity index (χ1) is 18.4. The summed E-state index contributed by atoms with van der Waals surface area (Å²) in [5.41, 5.74) is 0.552. The molecule has 1 saturated carbocycles. The lowest BCUT2D eigenvalue weighted by Gasteiger charge is -2.35. The molecule has 2 aromatic rings. The summed E-state index contributed by atoms with van der Waals surface area (Å²) in [7, 11) is -1.48. The Labute approximate surface area is 240 Å². The maximum absolute atomic E-state index is 13.9. The Morgan fingerprint density at radius 3 is 2.15 bits per heavy atom. The Hall–Kier alpha value is -2.40. The summed E-state index contributed by atoms with van der Waals surface area (Å²) >= 11 is 12.8. The lowest BCUT2D eigenvalue weighted by molar-refractivity contribution is -0.140. The van der Waals surface area contributed by atoms with Crippen LogP contribution in [0.15, 0.2) is 42.5 Å². The Balaban J connectivity index is 2.00. The number of carbonyl (C=O) groups is 2. The molecular weight excluding hydrogens is 566 g/mol. The standard InChI is InChI=1S/C27H35Cl2FN4O4S/c1-4-25(27(36)31-20-9-6-5-7-10-20)33(17-22-23(28)11-8-12-24(22)29)26(35)18-34(39(37,38)32(2)3)21-15-13-19(30)14-16-21/h8,11-16,20,25H,4-7,9-10,17-18H2,1-3H3,(H,31,36). The van der Waals surface area contributed by atoms with Crippen molar-refractivity contribution in [3.63, 3.8) is 0 Å². The molecule has 0 aromatic heterocycles. The zero-order valence-corrected chi connectivity index (χ0v) is 24.7. The van der Waals surface area contributed by atoms with Crippen molar-refractivity contribution in [1.29, 1.82) is 0 Å². The first kappa shape index (κ1) is 31.1. The quantitative estimate of drug-likeness (QED) is 0.393. The van der Waals surface area contributed by atoms with E-state index in [0.29, 0.717) is 15.6 Å². The monoisotopic (exact) mass is 600 g/mol. The average Bonchev–Trinajstić information content (AvgIpc) is 2.89. The highest BCUT2D eigenvalue weighted by molar-refractivity contribution is 7.90. The zero-order chi connectivity index (χ0) is 28.7. The molecule has 0 heterocycles. The lowest BCUT2D eigenvalue weighted by Crippen LogP contribution is -2.54. The molecule has 1 aliphatic rings. The van der Waals surface area contributed by atoms with Gasteiger partial charge in [0, 0.05) is 42.3 Å². The topological polar surface area (TPSA) is 90.0 Å². The SMILES string of the molecule is CCC(C(=O)NC1CCCCC1)N(Cc1c(Cl)cccc1Cl)C(=O)CN(c1ccc(F)cc1)S(=O)(=O)N(C)C. The summed E-state index contributed by atoms with van der Waals surface area (Å²) in [5, 5.41) is 3.72. The summed E-state index contributed by atoms with van der Waals surface area (Å²) in [4.78, 5) is 28.8. The van der Waals surface area contributed by atoms with E-state index < -0.39 is 34.5 Å². The number of hydrogen-bond donors (Lipinski definition) is 1. The Kier molecular flexibility index (Phi) is 11.0. The van der Waals surface area contributed by atoms with E-state index in [1.807, 2.05) is 0 Å². The molecular formula is C27H35Cl2FN4O4S. The molecule has 2 aromatic carbocycles. The number of benzene rings is 2. The van der Waals surface area contributed by atoms with Gasteiger partial charge in [0.1, 0.15) is 18.4 Å². The van der Waals surface area contributed by atoms with Gasteiger partial charge in [-0.2, -0.15) is 12.7 Å². The Morgan fingerprint density at radius 2 is 1.62 bits per heavy atom. The smallest absolute Gasteiger partial charge is 0.304 e. The first-order valence-corrected chi connectivity index (χ1v) is 15.1. The van der Waals surface area contributed by atoms with Crippen LogP contribution in [0.4, 0.5) is 10.1 Å². The van der Waals surface area contributed by atoms with E-state index in [1.54, 1.807) is 25.1 Å². The van der Waals surface area contributed by atoms with Crippen molar-refractivity contribution in [3.05, 3.63) is 63.9 Å². The second kappa shape index (κ2) is 13.8. The second-order valence-corrected chi connectivity index (χ2v) is 12.6. The van der Waals surface area contributed by atoms with Gasteiger partial charge < -0.3 is 10.2 Å². The molecule has 0 radical (unpaired) electrons. The number of nitrogens with one attached hydrogen (secondary N) is 1. The van der Waals surface area contributed by atoms with E-state index in [1.165, 1.54) is 31.1 Å². The molecule has 1 fully saturated rings. The van der Waals surface area contributed by atoms with Gasteiger partial charge in [-0.15, -0.1) is 0 Å². The van der Waals surface area contributed by atoms with Crippen molar-refractivity contribution in [2.24, 2.45) is 0 Å². The van der Waals surface area contributed by atoms with Gasteiger partial charge in [0.15, 0.2) is 0 Å². The van der Waals surface area contributed by atoms with Gasteiger partial charge in [-0.05, 0) is 55.7 Å². The zero-order valence-electron chi connectivity index (χ0n) is 22.4. The molecule has 214 valence electrons. The fourth-order valence-corrected chi connectivity index (χ4v) is 6.21. The number of nitrogens with zero attached hydrogens (tertiary/aromatic N) is 3. The molecule has 8 nitrogen and oxygen atoms in total. The van der Waals surface area contributed by atoms with Gasteiger partial charge in [-0.25, -0.2) is 8.70 Å². The average molecular weight is 602 g/mol. The molecule has 1 aliphatic carbocycles. The van der Waals surface area contributed by atoms with E-state index in [2.05, 4.69) is 5.32 Å².